The molecule has 0 bridgehead atoms. The van der Waals surface area contributed by atoms with Gasteiger partial charge in [-0.05, 0) is 57.6 Å². The summed E-state index contributed by atoms with van der Waals surface area (Å²) in [5.74, 6) is 0.344. The molecule has 5 aromatic rings. The van der Waals surface area contributed by atoms with Crippen molar-refractivity contribution in [3.8, 4) is 5.75 Å². The minimum absolute atomic E-state index is 0.398. The number of hydroxylamine groups is 1. The van der Waals surface area contributed by atoms with E-state index in [0.717, 1.165) is 39.8 Å². The number of rotatable bonds is 9. The molecular weight excluding hydrogens is 460 g/mol. The van der Waals surface area contributed by atoms with Crippen LogP contribution < -0.4 is 15.5 Å². The van der Waals surface area contributed by atoms with Gasteiger partial charge in [-0.3, -0.25) is 10.0 Å². The molecular formula is C32H28N2O3. The number of benzene rings is 5. The fourth-order valence-corrected chi connectivity index (χ4v) is 4.37. The SMILES string of the molecule is O=C(NO)c1ccc(C=C(CCOc2cccc3ccccc23)CNc2ccc3ccccc3c2)cc1. The van der Waals surface area contributed by atoms with E-state index in [2.05, 4.69) is 59.9 Å². The second-order valence-electron chi connectivity index (χ2n) is 8.86. The molecule has 5 aromatic carbocycles. The zero-order chi connectivity index (χ0) is 25.5. The molecule has 5 nitrogen and oxygen atoms in total. The van der Waals surface area contributed by atoms with Gasteiger partial charge in [-0.1, -0.05) is 84.9 Å². The molecule has 0 atom stereocenters. The van der Waals surface area contributed by atoms with Gasteiger partial charge in [0.05, 0.1) is 6.61 Å². The number of anilines is 1. The Morgan fingerprint density at radius 3 is 2.32 bits per heavy atom. The third-order valence-corrected chi connectivity index (χ3v) is 6.34. The second-order valence-corrected chi connectivity index (χ2v) is 8.86. The Balaban J connectivity index is 1.33. The molecule has 5 heteroatoms. The second kappa shape index (κ2) is 11.4. The molecule has 0 radical (unpaired) electrons. The largest absolute Gasteiger partial charge is 0.493 e. The molecule has 0 unspecified atom stereocenters. The molecule has 0 aliphatic carbocycles. The number of ether oxygens (including phenoxy) is 1. The van der Waals surface area contributed by atoms with Crippen molar-refractivity contribution in [1.82, 2.24) is 5.48 Å². The predicted molar refractivity (Wildman–Crippen MR) is 150 cm³/mol. The summed E-state index contributed by atoms with van der Waals surface area (Å²) in [5, 5.41) is 17.1. The van der Waals surface area contributed by atoms with Crippen molar-refractivity contribution in [2.75, 3.05) is 18.5 Å². The van der Waals surface area contributed by atoms with E-state index in [0.29, 0.717) is 18.7 Å². The molecule has 1 amide bonds. The van der Waals surface area contributed by atoms with Crippen LogP contribution in [0.15, 0.2) is 115 Å². The standard InChI is InChI=1S/C32H28N2O3/c35-32(34-36)27-14-12-23(13-15-27)20-24(22-33-29-17-16-25-6-1-2-8-28(25)21-29)18-19-37-31-11-5-9-26-7-3-4-10-30(26)31/h1-17,20-21,33,36H,18-19,22H2,(H,34,35). The van der Waals surface area contributed by atoms with Gasteiger partial charge in [-0.2, -0.15) is 0 Å². The lowest BCUT2D eigenvalue weighted by atomic mass is 10.1. The van der Waals surface area contributed by atoms with E-state index in [1.807, 2.05) is 48.5 Å². The lowest BCUT2D eigenvalue weighted by Crippen LogP contribution is -2.18. The van der Waals surface area contributed by atoms with Gasteiger partial charge in [0.15, 0.2) is 0 Å². The number of hydrogen-bond acceptors (Lipinski definition) is 4. The number of carbonyl (C=O) groups excluding carboxylic acids is 1. The Labute approximate surface area is 216 Å². The Morgan fingerprint density at radius 1 is 0.784 bits per heavy atom. The predicted octanol–water partition coefficient (Wildman–Crippen LogP) is 7.08. The monoisotopic (exact) mass is 488 g/mol. The zero-order valence-corrected chi connectivity index (χ0v) is 20.4. The van der Waals surface area contributed by atoms with Gasteiger partial charge in [0.25, 0.3) is 5.91 Å². The van der Waals surface area contributed by atoms with Gasteiger partial charge in [0.2, 0.25) is 0 Å². The van der Waals surface area contributed by atoms with Crippen molar-refractivity contribution in [3.05, 3.63) is 126 Å². The highest BCUT2D eigenvalue weighted by Crippen LogP contribution is 2.26. The summed E-state index contributed by atoms with van der Waals surface area (Å²) in [7, 11) is 0. The highest BCUT2D eigenvalue weighted by atomic mass is 16.5. The fraction of sp³-hybridized carbons (Fsp3) is 0.0938. The first-order valence-electron chi connectivity index (χ1n) is 12.3. The number of nitrogens with one attached hydrogen (secondary N) is 2. The number of carbonyl (C=O) groups is 1. The molecule has 5 rings (SSSR count). The van der Waals surface area contributed by atoms with Gasteiger partial charge in [-0.25, -0.2) is 5.48 Å². The van der Waals surface area contributed by atoms with Gasteiger partial charge in [0, 0.05) is 29.6 Å². The minimum atomic E-state index is -0.530. The molecule has 0 aromatic heterocycles. The summed E-state index contributed by atoms with van der Waals surface area (Å²) in [6, 6.07) is 36.1. The molecule has 0 spiro atoms. The van der Waals surface area contributed by atoms with E-state index < -0.39 is 5.91 Å². The molecule has 0 aliphatic heterocycles. The van der Waals surface area contributed by atoms with Crippen LogP contribution in [0.25, 0.3) is 27.6 Å². The summed E-state index contributed by atoms with van der Waals surface area (Å²) in [6.07, 6.45) is 2.84. The van der Waals surface area contributed by atoms with E-state index in [1.165, 1.54) is 10.8 Å². The lowest BCUT2D eigenvalue weighted by Gasteiger charge is -2.14. The van der Waals surface area contributed by atoms with E-state index in [-0.39, 0.29) is 0 Å². The summed E-state index contributed by atoms with van der Waals surface area (Å²) < 4.78 is 6.21. The zero-order valence-electron chi connectivity index (χ0n) is 20.4. The topological polar surface area (TPSA) is 70.6 Å². The third-order valence-electron chi connectivity index (χ3n) is 6.34. The van der Waals surface area contributed by atoms with E-state index in [4.69, 9.17) is 9.94 Å². The van der Waals surface area contributed by atoms with E-state index in [9.17, 15) is 4.79 Å². The maximum atomic E-state index is 11.7. The van der Waals surface area contributed by atoms with E-state index >= 15 is 0 Å². The van der Waals surface area contributed by atoms with Gasteiger partial charge < -0.3 is 10.1 Å². The maximum absolute atomic E-state index is 11.7. The Kier molecular flexibility index (Phi) is 7.44. The Morgan fingerprint density at radius 2 is 1.51 bits per heavy atom. The van der Waals surface area contributed by atoms with Crippen LogP contribution in [0.2, 0.25) is 0 Å². The van der Waals surface area contributed by atoms with Crippen LogP contribution in [0.4, 0.5) is 5.69 Å². The van der Waals surface area contributed by atoms with Crippen LogP contribution in [0.5, 0.6) is 5.75 Å². The van der Waals surface area contributed by atoms with Crippen LogP contribution in [0, 0.1) is 0 Å². The summed E-state index contributed by atoms with van der Waals surface area (Å²) in [4.78, 5) is 11.7. The van der Waals surface area contributed by atoms with E-state index in [1.54, 1.807) is 17.6 Å². The quantitative estimate of drug-likeness (QED) is 0.153. The Hall–Kier alpha value is -4.61. The molecule has 0 saturated heterocycles. The molecule has 3 N–H and O–H groups in total. The first kappa shape index (κ1) is 24.1. The van der Waals surface area contributed by atoms with Gasteiger partial charge in [-0.15, -0.1) is 0 Å². The number of amides is 1. The molecule has 0 saturated carbocycles. The number of fused-ring (bicyclic) bond motifs is 2. The van der Waals surface area contributed by atoms with Crippen LogP contribution in [0.1, 0.15) is 22.3 Å². The van der Waals surface area contributed by atoms with Gasteiger partial charge in [0.1, 0.15) is 5.75 Å². The van der Waals surface area contributed by atoms with Crippen molar-refractivity contribution >= 4 is 39.2 Å². The van der Waals surface area contributed by atoms with Crippen LogP contribution in [-0.4, -0.2) is 24.3 Å². The molecule has 184 valence electrons. The Bertz CT molecular complexity index is 1550. The van der Waals surface area contributed by atoms with Crippen LogP contribution in [-0.2, 0) is 0 Å². The smallest absolute Gasteiger partial charge is 0.274 e. The third kappa shape index (κ3) is 5.97. The average Bonchev–Trinajstić information content (AvgIpc) is 2.95. The fourth-order valence-electron chi connectivity index (χ4n) is 4.37. The first-order valence-corrected chi connectivity index (χ1v) is 12.3. The summed E-state index contributed by atoms with van der Waals surface area (Å²) >= 11 is 0. The van der Waals surface area contributed by atoms with Crippen LogP contribution in [0.3, 0.4) is 0 Å². The molecule has 0 aliphatic rings. The first-order chi connectivity index (χ1) is 18.2. The summed E-state index contributed by atoms with van der Waals surface area (Å²) in [6.45, 7) is 1.18. The number of hydrogen-bond donors (Lipinski definition) is 3. The highest BCUT2D eigenvalue weighted by molar-refractivity contribution is 5.93. The lowest BCUT2D eigenvalue weighted by molar-refractivity contribution is 0.0706. The van der Waals surface area contributed by atoms with Gasteiger partial charge >= 0.3 is 0 Å². The molecule has 37 heavy (non-hydrogen) atoms. The highest BCUT2D eigenvalue weighted by Gasteiger charge is 2.06. The summed E-state index contributed by atoms with van der Waals surface area (Å²) in [5.41, 5.74) is 5.24. The molecule has 0 heterocycles. The van der Waals surface area contributed by atoms with Crippen molar-refractivity contribution < 1.29 is 14.7 Å². The van der Waals surface area contributed by atoms with Crippen LogP contribution >= 0.6 is 0 Å². The van der Waals surface area contributed by atoms with Crippen molar-refractivity contribution in [1.29, 1.82) is 0 Å². The average molecular weight is 489 g/mol. The normalized spacial score (nSPS) is 11.4. The van der Waals surface area contributed by atoms with Crippen molar-refractivity contribution in [3.63, 3.8) is 0 Å². The van der Waals surface area contributed by atoms with Crippen molar-refractivity contribution in [2.24, 2.45) is 0 Å². The minimum Gasteiger partial charge on any atom is -0.493 e. The molecule has 0 fully saturated rings. The maximum Gasteiger partial charge on any atom is 0.274 e. The van der Waals surface area contributed by atoms with Crippen molar-refractivity contribution in [2.45, 2.75) is 6.42 Å².